The van der Waals surface area contributed by atoms with E-state index in [0.29, 0.717) is 37.1 Å². The fourth-order valence-corrected chi connectivity index (χ4v) is 3.42. The molecule has 0 unspecified atom stereocenters. The van der Waals surface area contributed by atoms with Crippen LogP contribution < -0.4 is 20.1 Å². The number of aliphatic imine (C=N–C) groups is 1. The predicted octanol–water partition coefficient (Wildman–Crippen LogP) is 3.92. The monoisotopic (exact) mass is 549 g/mol. The number of rotatable bonds is 7. The van der Waals surface area contributed by atoms with Crippen LogP contribution in [0.15, 0.2) is 35.3 Å². The number of guanidine groups is 1. The molecular formula is C21H26ClFIN3O3. The Hall–Kier alpha value is -1.78. The lowest BCUT2D eigenvalue weighted by Gasteiger charge is -2.21. The van der Waals surface area contributed by atoms with Crippen molar-refractivity contribution in [2.75, 3.05) is 34.0 Å². The number of hydrogen-bond donors (Lipinski definition) is 2. The van der Waals surface area contributed by atoms with E-state index in [2.05, 4.69) is 15.6 Å². The van der Waals surface area contributed by atoms with Crippen LogP contribution >= 0.6 is 35.6 Å². The maximum Gasteiger partial charge on any atom is 0.190 e. The highest BCUT2D eigenvalue weighted by atomic mass is 127. The molecule has 6 nitrogen and oxygen atoms in total. The second-order valence-electron chi connectivity index (χ2n) is 6.55. The topological polar surface area (TPSA) is 64.1 Å². The molecule has 1 aliphatic heterocycles. The van der Waals surface area contributed by atoms with Crippen LogP contribution in [0, 0.1) is 5.82 Å². The average molecular weight is 550 g/mol. The van der Waals surface area contributed by atoms with Crippen LogP contribution in [0.5, 0.6) is 11.5 Å². The van der Waals surface area contributed by atoms with Crippen LogP contribution in [0.1, 0.15) is 16.7 Å². The summed E-state index contributed by atoms with van der Waals surface area (Å²) in [5, 5.41) is 7.17. The number of methoxy groups -OCH3 is 1. The highest BCUT2D eigenvalue weighted by molar-refractivity contribution is 14.0. The summed E-state index contributed by atoms with van der Waals surface area (Å²) >= 11 is 6.27. The van der Waals surface area contributed by atoms with Gasteiger partial charge in [-0.15, -0.1) is 24.0 Å². The van der Waals surface area contributed by atoms with Gasteiger partial charge in [0, 0.05) is 30.7 Å². The van der Waals surface area contributed by atoms with Gasteiger partial charge in [0.25, 0.3) is 0 Å². The first-order valence-electron chi connectivity index (χ1n) is 9.39. The molecule has 0 saturated heterocycles. The van der Waals surface area contributed by atoms with Crippen molar-refractivity contribution in [3.63, 3.8) is 0 Å². The van der Waals surface area contributed by atoms with Gasteiger partial charge in [-0.2, -0.15) is 0 Å². The van der Waals surface area contributed by atoms with Gasteiger partial charge in [0.1, 0.15) is 17.3 Å². The maximum absolute atomic E-state index is 13.8. The van der Waals surface area contributed by atoms with Crippen LogP contribution in [0.3, 0.4) is 0 Å². The highest BCUT2D eigenvalue weighted by Gasteiger charge is 2.16. The van der Waals surface area contributed by atoms with Gasteiger partial charge in [-0.3, -0.25) is 4.99 Å². The van der Waals surface area contributed by atoms with Gasteiger partial charge in [0.2, 0.25) is 0 Å². The molecule has 0 amide bonds. The third kappa shape index (κ3) is 6.61. The Morgan fingerprint density at radius 1 is 1.17 bits per heavy atom. The zero-order chi connectivity index (χ0) is 20.6. The average Bonchev–Trinajstić information content (AvgIpc) is 2.73. The van der Waals surface area contributed by atoms with Crippen LogP contribution in [0.2, 0.25) is 5.02 Å². The molecule has 3 rings (SSSR count). The van der Waals surface area contributed by atoms with Crippen LogP contribution in [-0.4, -0.2) is 40.0 Å². The van der Waals surface area contributed by atoms with Gasteiger partial charge in [-0.1, -0.05) is 17.7 Å². The second-order valence-corrected chi connectivity index (χ2v) is 6.95. The summed E-state index contributed by atoms with van der Waals surface area (Å²) in [7, 11) is 3.32. The summed E-state index contributed by atoms with van der Waals surface area (Å²) in [5.41, 5.74) is 2.59. The molecule has 0 spiro atoms. The molecule has 0 fully saturated rings. The number of fused-ring (bicyclic) bond motifs is 1. The fraction of sp³-hybridized carbons (Fsp3) is 0.381. The third-order valence-corrected chi connectivity index (χ3v) is 4.96. The van der Waals surface area contributed by atoms with E-state index in [0.717, 1.165) is 34.6 Å². The lowest BCUT2D eigenvalue weighted by atomic mass is 10.1. The molecule has 0 saturated carbocycles. The Morgan fingerprint density at radius 2 is 1.90 bits per heavy atom. The first-order valence-corrected chi connectivity index (χ1v) is 9.77. The van der Waals surface area contributed by atoms with Crippen LogP contribution in [-0.2, 0) is 24.2 Å². The lowest BCUT2D eigenvalue weighted by molar-refractivity contribution is -0.0172. The summed E-state index contributed by atoms with van der Waals surface area (Å²) in [6, 6.07) is 8.61. The van der Waals surface area contributed by atoms with Crippen molar-refractivity contribution in [3.8, 4) is 11.5 Å². The number of halogens is 3. The van der Waals surface area contributed by atoms with Gasteiger partial charge in [-0.25, -0.2) is 4.39 Å². The normalized spacial score (nSPS) is 13.0. The zero-order valence-electron chi connectivity index (χ0n) is 17.0. The Morgan fingerprint density at radius 3 is 2.57 bits per heavy atom. The molecule has 164 valence electrons. The van der Waals surface area contributed by atoms with Crippen molar-refractivity contribution < 1.29 is 18.6 Å². The van der Waals surface area contributed by atoms with E-state index >= 15 is 0 Å². The number of hydrogen-bond acceptors (Lipinski definition) is 4. The Bertz CT molecular complexity index is 883. The van der Waals surface area contributed by atoms with Gasteiger partial charge in [0.05, 0.1) is 13.7 Å². The molecule has 1 heterocycles. The SMILES string of the molecule is CN=C(NCCc1ccc(OC)cc1Cl)NCCc1cc(F)cc2c1OCOC2.I. The molecule has 2 aromatic rings. The first-order chi connectivity index (χ1) is 14.1. The standard InChI is InChI=1S/C21H25ClFN3O3.HI/c1-24-21(25-7-5-14-3-4-18(27-2)11-19(14)22)26-8-6-15-9-17(23)10-16-12-28-13-29-20(15)16;/h3-4,9-11H,5-8,12-13H2,1-2H3,(H2,24,25,26);1H. The van der Waals surface area contributed by atoms with Gasteiger partial charge < -0.3 is 24.8 Å². The second kappa shape index (κ2) is 12.2. The van der Waals surface area contributed by atoms with E-state index in [1.807, 2.05) is 12.1 Å². The third-order valence-electron chi connectivity index (χ3n) is 4.61. The van der Waals surface area contributed by atoms with Crippen LogP contribution in [0.4, 0.5) is 4.39 Å². The molecule has 1 aliphatic rings. The van der Waals surface area contributed by atoms with Crippen molar-refractivity contribution in [2.24, 2.45) is 4.99 Å². The number of benzene rings is 2. The smallest absolute Gasteiger partial charge is 0.190 e. The van der Waals surface area contributed by atoms with Gasteiger partial charge in [0.15, 0.2) is 12.8 Å². The van der Waals surface area contributed by atoms with E-state index in [1.54, 1.807) is 20.2 Å². The summed E-state index contributed by atoms with van der Waals surface area (Å²) < 4.78 is 29.8. The fourth-order valence-electron chi connectivity index (χ4n) is 3.15. The minimum absolute atomic E-state index is 0. The predicted molar refractivity (Wildman–Crippen MR) is 127 cm³/mol. The molecule has 0 radical (unpaired) electrons. The molecule has 0 aliphatic carbocycles. The van der Waals surface area contributed by atoms with E-state index in [1.165, 1.54) is 12.1 Å². The van der Waals surface area contributed by atoms with Crippen molar-refractivity contribution in [3.05, 3.63) is 57.9 Å². The zero-order valence-corrected chi connectivity index (χ0v) is 20.1. The van der Waals surface area contributed by atoms with E-state index in [9.17, 15) is 4.39 Å². The summed E-state index contributed by atoms with van der Waals surface area (Å²) in [4.78, 5) is 4.22. The number of ether oxygens (including phenoxy) is 3. The Labute approximate surface area is 198 Å². The Balaban J connectivity index is 0.00000320. The van der Waals surface area contributed by atoms with Crippen molar-refractivity contribution in [1.29, 1.82) is 0 Å². The first kappa shape index (κ1) is 24.5. The summed E-state index contributed by atoms with van der Waals surface area (Å²) in [6.45, 7) is 1.81. The van der Waals surface area contributed by atoms with Crippen molar-refractivity contribution in [2.45, 2.75) is 19.4 Å². The molecule has 2 N–H and O–H groups in total. The van der Waals surface area contributed by atoms with E-state index < -0.39 is 0 Å². The minimum atomic E-state index is -0.285. The molecule has 0 bridgehead atoms. The Kier molecular flexibility index (Phi) is 9.93. The quantitative estimate of drug-likeness (QED) is 0.311. The van der Waals surface area contributed by atoms with E-state index in [4.69, 9.17) is 25.8 Å². The largest absolute Gasteiger partial charge is 0.497 e. The molecule has 9 heteroatoms. The lowest BCUT2D eigenvalue weighted by Crippen LogP contribution is -2.39. The molecule has 0 atom stereocenters. The summed E-state index contributed by atoms with van der Waals surface area (Å²) in [5.74, 6) is 1.84. The molecule has 0 aromatic heterocycles. The minimum Gasteiger partial charge on any atom is -0.497 e. The van der Waals surface area contributed by atoms with Gasteiger partial charge >= 0.3 is 0 Å². The van der Waals surface area contributed by atoms with Crippen LogP contribution in [0.25, 0.3) is 0 Å². The highest BCUT2D eigenvalue weighted by Crippen LogP contribution is 2.29. The number of nitrogens with zero attached hydrogens (tertiary/aromatic N) is 1. The number of nitrogens with one attached hydrogen (secondary N) is 2. The summed E-state index contributed by atoms with van der Waals surface area (Å²) in [6.07, 6.45) is 1.35. The maximum atomic E-state index is 13.8. The molecule has 30 heavy (non-hydrogen) atoms. The molecular weight excluding hydrogens is 524 g/mol. The molecule has 2 aromatic carbocycles. The van der Waals surface area contributed by atoms with Crippen molar-refractivity contribution >= 4 is 41.5 Å². The van der Waals surface area contributed by atoms with Crippen molar-refractivity contribution in [1.82, 2.24) is 10.6 Å². The van der Waals surface area contributed by atoms with E-state index in [-0.39, 0.29) is 36.6 Å². The van der Waals surface area contributed by atoms with Gasteiger partial charge in [-0.05, 0) is 48.2 Å².